The third kappa shape index (κ3) is 4.03. The van der Waals surface area contributed by atoms with Crippen LogP contribution in [-0.4, -0.2) is 52.7 Å². The Morgan fingerprint density at radius 2 is 2.18 bits per heavy atom. The first kappa shape index (κ1) is 13.0. The number of morpholine rings is 1. The number of halogens is 1. The van der Waals surface area contributed by atoms with Gasteiger partial charge in [0.1, 0.15) is 10.2 Å². The lowest BCUT2D eigenvalue weighted by molar-refractivity contribution is 0.0409. The summed E-state index contributed by atoms with van der Waals surface area (Å²) in [6.07, 6.45) is 0. The largest absolute Gasteiger partial charge is 0.379 e. The van der Waals surface area contributed by atoms with Gasteiger partial charge in [0.05, 0.1) is 24.0 Å². The topological polar surface area (TPSA) is 42.4 Å². The molecule has 0 bridgehead atoms. The lowest BCUT2D eigenvalue weighted by Gasteiger charge is -2.26. The van der Waals surface area contributed by atoms with E-state index in [0.29, 0.717) is 15.9 Å². The molecule has 0 aromatic carbocycles. The highest BCUT2D eigenvalue weighted by Crippen LogP contribution is 2.09. The molecule has 1 aromatic heterocycles. The van der Waals surface area contributed by atoms with E-state index in [2.05, 4.69) is 9.88 Å². The molecule has 2 rings (SSSR count). The molecule has 0 spiro atoms. The number of pyridine rings is 1. The summed E-state index contributed by atoms with van der Waals surface area (Å²) in [4.78, 5) is 6.31. The van der Waals surface area contributed by atoms with Gasteiger partial charge in [-0.25, -0.2) is 4.98 Å². The fourth-order valence-corrected chi connectivity index (χ4v) is 2.94. The third-order valence-electron chi connectivity index (χ3n) is 2.62. The average Bonchev–Trinajstić information content (AvgIpc) is 2.37. The minimum atomic E-state index is -1.07. The maximum Gasteiger partial charge on any atom is 0.130 e. The quantitative estimate of drug-likeness (QED) is 0.773. The standard InChI is InChI=1S/C11H15ClN2O2S/c12-10-2-1-3-11(13-10)17(15)9-6-14-4-7-16-8-5-14/h1-3H,4-9H2. The van der Waals surface area contributed by atoms with Crippen LogP contribution in [0.5, 0.6) is 0 Å². The SMILES string of the molecule is O=S(CCN1CCOCC1)c1cccc(Cl)n1. The minimum absolute atomic E-state index is 0.391. The molecule has 1 aliphatic heterocycles. The summed E-state index contributed by atoms with van der Waals surface area (Å²) in [7, 11) is -1.07. The molecular formula is C11H15ClN2O2S. The molecule has 0 radical (unpaired) electrons. The average molecular weight is 275 g/mol. The van der Waals surface area contributed by atoms with Crippen molar-refractivity contribution in [1.29, 1.82) is 0 Å². The molecule has 94 valence electrons. The second kappa shape index (κ2) is 6.44. The molecule has 0 aliphatic carbocycles. The van der Waals surface area contributed by atoms with Crippen LogP contribution in [0.2, 0.25) is 5.15 Å². The normalized spacial score (nSPS) is 19.1. The van der Waals surface area contributed by atoms with Crippen molar-refractivity contribution in [2.45, 2.75) is 5.03 Å². The fraction of sp³-hybridized carbons (Fsp3) is 0.545. The monoisotopic (exact) mass is 274 g/mol. The molecule has 4 nitrogen and oxygen atoms in total. The van der Waals surface area contributed by atoms with Crippen molar-refractivity contribution in [3.05, 3.63) is 23.4 Å². The van der Waals surface area contributed by atoms with E-state index in [4.69, 9.17) is 16.3 Å². The summed E-state index contributed by atoms with van der Waals surface area (Å²) in [6.45, 7) is 4.18. The van der Waals surface area contributed by atoms with Crippen LogP contribution in [0, 0.1) is 0 Å². The van der Waals surface area contributed by atoms with Gasteiger partial charge in [-0.3, -0.25) is 9.11 Å². The summed E-state index contributed by atoms with van der Waals surface area (Å²) in [6, 6.07) is 5.21. The van der Waals surface area contributed by atoms with Crippen LogP contribution >= 0.6 is 11.6 Å². The van der Waals surface area contributed by atoms with Gasteiger partial charge in [-0.05, 0) is 12.1 Å². The van der Waals surface area contributed by atoms with Crippen molar-refractivity contribution >= 4 is 22.4 Å². The van der Waals surface area contributed by atoms with E-state index in [1.165, 1.54) is 0 Å². The Balaban J connectivity index is 1.84. The zero-order chi connectivity index (χ0) is 12.1. The maximum absolute atomic E-state index is 12.0. The van der Waals surface area contributed by atoms with E-state index < -0.39 is 10.8 Å². The first-order valence-electron chi connectivity index (χ1n) is 5.57. The van der Waals surface area contributed by atoms with E-state index in [1.54, 1.807) is 18.2 Å². The highest BCUT2D eigenvalue weighted by molar-refractivity contribution is 7.85. The summed E-state index contributed by atoms with van der Waals surface area (Å²) in [5, 5.41) is 0.952. The predicted molar refractivity (Wildman–Crippen MR) is 67.8 cm³/mol. The minimum Gasteiger partial charge on any atom is -0.379 e. The summed E-state index contributed by atoms with van der Waals surface area (Å²) in [5.41, 5.74) is 0. The maximum atomic E-state index is 12.0. The van der Waals surface area contributed by atoms with Gasteiger partial charge in [0.15, 0.2) is 0 Å². The summed E-state index contributed by atoms with van der Waals surface area (Å²) in [5.74, 6) is 0.591. The van der Waals surface area contributed by atoms with Gasteiger partial charge in [0.2, 0.25) is 0 Å². The zero-order valence-electron chi connectivity index (χ0n) is 9.47. The molecule has 1 aromatic rings. The van der Waals surface area contributed by atoms with Gasteiger partial charge < -0.3 is 4.74 Å². The van der Waals surface area contributed by atoms with Gasteiger partial charge in [-0.2, -0.15) is 0 Å². The smallest absolute Gasteiger partial charge is 0.130 e. The molecule has 17 heavy (non-hydrogen) atoms. The molecule has 1 saturated heterocycles. The predicted octanol–water partition coefficient (Wildman–Crippen LogP) is 1.17. The molecule has 0 N–H and O–H groups in total. The van der Waals surface area contributed by atoms with E-state index in [0.717, 1.165) is 32.8 Å². The molecule has 1 fully saturated rings. The number of ether oxygens (including phenoxy) is 1. The number of hydrogen-bond donors (Lipinski definition) is 0. The van der Waals surface area contributed by atoms with Crippen LogP contribution in [0.3, 0.4) is 0 Å². The van der Waals surface area contributed by atoms with Crippen LogP contribution in [0.4, 0.5) is 0 Å². The van der Waals surface area contributed by atoms with Crippen molar-refractivity contribution in [2.24, 2.45) is 0 Å². The van der Waals surface area contributed by atoms with Gasteiger partial charge in [-0.15, -0.1) is 0 Å². The van der Waals surface area contributed by atoms with Crippen molar-refractivity contribution in [3.8, 4) is 0 Å². The van der Waals surface area contributed by atoms with Crippen LogP contribution in [-0.2, 0) is 15.5 Å². The van der Waals surface area contributed by atoms with Crippen molar-refractivity contribution in [2.75, 3.05) is 38.6 Å². The molecule has 0 amide bonds. The van der Waals surface area contributed by atoms with E-state index >= 15 is 0 Å². The van der Waals surface area contributed by atoms with Crippen molar-refractivity contribution in [1.82, 2.24) is 9.88 Å². The lowest BCUT2D eigenvalue weighted by atomic mass is 10.4. The van der Waals surface area contributed by atoms with Crippen LogP contribution in [0.15, 0.2) is 23.2 Å². The number of rotatable bonds is 4. The molecule has 0 saturated carbocycles. The lowest BCUT2D eigenvalue weighted by Crippen LogP contribution is -2.38. The first-order chi connectivity index (χ1) is 8.25. The molecule has 6 heteroatoms. The Labute approximate surface area is 108 Å². The number of hydrogen-bond acceptors (Lipinski definition) is 4. The molecule has 1 unspecified atom stereocenters. The van der Waals surface area contributed by atoms with Gasteiger partial charge in [0, 0.05) is 25.4 Å². The van der Waals surface area contributed by atoms with Crippen LogP contribution in [0.1, 0.15) is 0 Å². The molecule has 1 aliphatic rings. The van der Waals surface area contributed by atoms with Crippen molar-refractivity contribution < 1.29 is 8.95 Å². The van der Waals surface area contributed by atoms with Crippen LogP contribution < -0.4 is 0 Å². The Hall–Kier alpha value is -0.490. The van der Waals surface area contributed by atoms with E-state index in [-0.39, 0.29) is 0 Å². The Bertz CT molecular complexity index is 397. The van der Waals surface area contributed by atoms with E-state index in [9.17, 15) is 4.21 Å². The third-order valence-corrected chi connectivity index (χ3v) is 4.08. The van der Waals surface area contributed by atoms with Gasteiger partial charge in [-0.1, -0.05) is 17.7 Å². The Kier molecular flexibility index (Phi) is 4.91. The summed E-state index contributed by atoms with van der Waals surface area (Å²) >= 11 is 5.77. The van der Waals surface area contributed by atoms with Crippen LogP contribution in [0.25, 0.3) is 0 Å². The van der Waals surface area contributed by atoms with Gasteiger partial charge in [0.25, 0.3) is 0 Å². The summed E-state index contributed by atoms with van der Waals surface area (Å²) < 4.78 is 17.2. The second-order valence-electron chi connectivity index (χ2n) is 3.80. The molecular weight excluding hydrogens is 260 g/mol. The van der Waals surface area contributed by atoms with E-state index in [1.807, 2.05) is 0 Å². The molecule has 1 atom stereocenters. The number of aromatic nitrogens is 1. The van der Waals surface area contributed by atoms with Crippen molar-refractivity contribution in [3.63, 3.8) is 0 Å². The van der Waals surface area contributed by atoms with Gasteiger partial charge >= 0.3 is 0 Å². The second-order valence-corrected chi connectivity index (χ2v) is 5.71. The Morgan fingerprint density at radius 1 is 1.41 bits per heavy atom. The highest BCUT2D eigenvalue weighted by Gasteiger charge is 2.12. The first-order valence-corrected chi connectivity index (χ1v) is 7.26. The highest BCUT2D eigenvalue weighted by atomic mass is 35.5. The Morgan fingerprint density at radius 3 is 2.88 bits per heavy atom. The molecule has 2 heterocycles. The zero-order valence-corrected chi connectivity index (χ0v) is 11.0. The number of nitrogens with zero attached hydrogens (tertiary/aromatic N) is 2. The fourth-order valence-electron chi connectivity index (χ4n) is 1.66.